The first-order chi connectivity index (χ1) is 8.04. The van der Waals surface area contributed by atoms with Crippen molar-refractivity contribution in [2.75, 3.05) is 0 Å². The van der Waals surface area contributed by atoms with Gasteiger partial charge in [-0.05, 0) is 23.8 Å². The van der Waals surface area contributed by atoms with E-state index in [0.29, 0.717) is 0 Å². The standard InChI is InChI=1S/C15H16OSi/c1-17(2,3)11-9-13-4-6-14(7-5-13)15-8-10-16-12-15/h4-8,10,12H,1-3H3. The van der Waals surface area contributed by atoms with Gasteiger partial charge in [-0.1, -0.05) is 37.7 Å². The van der Waals surface area contributed by atoms with Gasteiger partial charge in [0.25, 0.3) is 0 Å². The Hall–Kier alpha value is -1.72. The maximum Gasteiger partial charge on any atom is 0.129 e. The topological polar surface area (TPSA) is 13.1 Å². The van der Waals surface area contributed by atoms with E-state index in [1.807, 2.05) is 6.07 Å². The Morgan fingerprint density at radius 2 is 1.65 bits per heavy atom. The van der Waals surface area contributed by atoms with Crippen molar-refractivity contribution in [1.82, 2.24) is 0 Å². The van der Waals surface area contributed by atoms with Gasteiger partial charge >= 0.3 is 0 Å². The third kappa shape index (κ3) is 3.37. The van der Waals surface area contributed by atoms with Crippen molar-refractivity contribution in [2.24, 2.45) is 0 Å². The van der Waals surface area contributed by atoms with Crippen LogP contribution < -0.4 is 0 Å². The highest BCUT2D eigenvalue weighted by atomic mass is 28.3. The maximum atomic E-state index is 5.07. The molecule has 1 nitrogen and oxygen atoms in total. The van der Waals surface area contributed by atoms with Gasteiger partial charge in [0.15, 0.2) is 0 Å². The molecule has 86 valence electrons. The summed E-state index contributed by atoms with van der Waals surface area (Å²) in [5.41, 5.74) is 6.72. The predicted molar refractivity (Wildman–Crippen MR) is 74.4 cm³/mol. The number of hydrogen-bond donors (Lipinski definition) is 0. The number of rotatable bonds is 1. The van der Waals surface area contributed by atoms with Crippen LogP contribution in [0.4, 0.5) is 0 Å². The molecule has 1 aromatic carbocycles. The minimum atomic E-state index is -1.28. The molecule has 0 amide bonds. The summed E-state index contributed by atoms with van der Waals surface area (Å²) >= 11 is 0. The molecule has 0 fully saturated rings. The fourth-order valence-corrected chi connectivity index (χ4v) is 1.95. The van der Waals surface area contributed by atoms with E-state index >= 15 is 0 Å². The first-order valence-corrected chi connectivity index (χ1v) is 9.20. The van der Waals surface area contributed by atoms with Crippen LogP contribution in [-0.4, -0.2) is 8.07 Å². The highest BCUT2D eigenvalue weighted by Crippen LogP contribution is 2.19. The Morgan fingerprint density at radius 3 is 2.18 bits per heavy atom. The van der Waals surface area contributed by atoms with E-state index in [9.17, 15) is 0 Å². The Bertz CT molecular complexity index is 533. The molecule has 0 saturated carbocycles. The van der Waals surface area contributed by atoms with Crippen LogP contribution in [0.3, 0.4) is 0 Å². The predicted octanol–water partition coefficient (Wildman–Crippen LogP) is 4.18. The highest BCUT2D eigenvalue weighted by Gasteiger charge is 2.07. The van der Waals surface area contributed by atoms with Crippen LogP contribution in [0.1, 0.15) is 5.56 Å². The molecule has 2 aromatic rings. The van der Waals surface area contributed by atoms with Crippen molar-refractivity contribution in [3.63, 3.8) is 0 Å². The van der Waals surface area contributed by atoms with Crippen molar-refractivity contribution < 1.29 is 4.42 Å². The van der Waals surface area contributed by atoms with E-state index in [1.54, 1.807) is 12.5 Å². The molecule has 0 bridgehead atoms. The first-order valence-electron chi connectivity index (χ1n) is 5.70. The fraction of sp³-hybridized carbons (Fsp3) is 0.200. The molecule has 0 N–H and O–H groups in total. The summed E-state index contributed by atoms with van der Waals surface area (Å²) in [5, 5.41) is 0. The maximum absolute atomic E-state index is 5.07. The van der Waals surface area contributed by atoms with Crippen LogP contribution in [0.15, 0.2) is 47.3 Å². The number of furan rings is 1. The van der Waals surface area contributed by atoms with E-state index in [0.717, 1.165) is 16.7 Å². The molecule has 2 rings (SSSR count). The molecule has 1 aromatic heterocycles. The highest BCUT2D eigenvalue weighted by molar-refractivity contribution is 6.83. The van der Waals surface area contributed by atoms with Crippen LogP contribution in [-0.2, 0) is 0 Å². The van der Waals surface area contributed by atoms with Crippen molar-refractivity contribution in [3.05, 3.63) is 48.4 Å². The Morgan fingerprint density at radius 1 is 0.941 bits per heavy atom. The van der Waals surface area contributed by atoms with Gasteiger partial charge in [-0.2, -0.15) is 0 Å². The molecule has 0 saturated heterocycles. The molecule has 0 unspecified atom stereocenters. The second-order valence-electron chi connectivity index (χ2n) is 5.09. The minimum absolute atomic E-state index is 1.08. The third-order valence-electron chi connectivity index (χ3n) is 2.32. The third-order valence-corrected chi connectivity index (χ3v) is 3.20. The Labute approximate surface area is 103 Å². The van der Waals surface area contributed by atoms with Gasteiger partial charge in [0.05, 0.1) is 12.5 Å². The normalized spacial score (nSPS) is 10.8. The van der Waals surface area contributed by atoms with Gasteiger partial charge in [0, 0.05) is 11.1 Å². The molecule has 17 heavy (non-hydrogen) atoms. The van der Waals surface area contributed by atoms with Gasteiger partial charge in [-0.25, -0.2) is 0 Å². The molecular formula is C15H16OSi. The Balaban J connectivity index is 2.21. The van der Waals surface area contributed by atoms with Gasteiger partial charge in [0.2, 0.25) is 0 Å². The summed E-state index contributed by atoms with van der Waals surface area (Å²) in [4.78, 5) is 0. The van der Waals surface area contributed by atoms with E-state index in [1.165, 1.54) is 0 Å². The minimum Gasteiger partial charge on any atom is -0.472 e. The monoisotopic (exact) mass is 240 g/mol. The SMILES string of the molecule is C[Si](C)(C)C#Cc1ccc(-c2ccoc2)cc1. The molecule has 0 spiro atoms. The average molecular weight is 240 g/mol. The van der Waals surface area contributed by atoms with Crippen molar-refractivity contribution in [2.45, 2.75) is 19.6 Å². The molecule has 0 aliphatic heterocycles. The summed E-state index contributed by atoms with van der Waals surface area (Å²) in [6.07, 6.45) is 3.44. The molecular weight excluding hydrogens is 224 g/mol. The summed E-state index contributed by atoms with van der Waals surface area (Å²) < 4.78 is 5.07. The zero-order chi connectivity index (χ0) is 12.3. The molecule has 0 radical (unpaired) electrons. The average Bonchev–Trinajstić information content (AvgIpc) is 2.79. The zero-order valence-electron chi connectivity index (χ0n) is 10.4. The molecule has 0 aliphatic rings. The molecule has 0 atom stereocenters. The number of hydrogen-bond acceptors (Lipinski definition) is 1. The second kappa shape index (κ2) is 4.64. The summed E-state index contributed by atoms with van der Waals surface area (Å²) in [5.74, 6) is 3.25. The molecule has 0 aliphatic carbocycles. The van der Waals surface area contributed by atoms with Crippen molar-refractivity contribution in [3.8, 4) is 22.6 Å². The van der Waals surface area contributed by atoms with Gasteiger partial charge in [-0.3, -0.25) is 0 Å². The lowest BCUT2D eigenvalue weighted by molar-refractivity contribution is 0.568. The van der Waals surface area contributed by atoms with Crippen LogP contribution in [0, 0.1) is 11.5 Å². The first kappa shape index (κ1) is 11.8. The smallest absolute Gasteiger partial charge is 0.129 e. The lowest BCUT2D eigenvalue weighted by Gasteiger charge is -2.03. The van der Waals surface area contributed by atoms with Crippen molar-refractivity contribution >= 4 is 8.07 Å². The Kier molecular flexibility index (Phi) is 3.21. The summed E-state index contributed by atoms with van der Waals surface area (Å²) in [6.45, 7) is 6.75. The van der Waals surface area contributed by atoms with Crippen molar-refractivity contribution in [1.29, 1.82) is 0 Å². The van der Waals surface area contributed by atoms with Gasteiger partial charge < -0.3 is 4.42 Å². The van der Waals surface area contributed by atoms with E-state index in [-0.39, 0.29) is 0 Å². The summed E-state index contributed by atoms with van der Waals surface area (Å²) in [7, 11) is -1.28. The number of benzene rings is 1. The van der Waals surface area contributed by atoms with E-state index in [2.05, 4.69) is 55.4 Å². The molecule has 1 heterocycles. The second-order valence-corrected chi connectivity index (χ2v) is 9.84. The van der Waals surface area contributed by atoms with Gasteiger partial charge in [-0.15, -0.1) is 5.54 Å². The fourth-order valence-electron chi connectivity index (χ4n) is 1.43. The largest absolute Gasteiger partial charge is 0.472 e. The van der Waals surface area contributed by atoms with Crippen LogP contribution in [0.2, 0.25) is 19.6 Å². The quantitative estimate of drug-likeness (QED) is 0.538. The zero-order valence-corrected chi connectivity index (χ0v) is 11.4. The lowest BCUT2D eigenvalue weighted by Crippen LogP contribution is -2.16. The molecule has 2 heteroatoms. The lowest BCUT2D eigenvalue weighted by atomic mass is 10.1. The van der Waals surface area contributed by atoms with Gasteiger partial charge in [0.1, 0.15) is 8.07 Å². The van der Waals surface area contributed by atoms with E-state index < -0.39 is 8.07 Å². The van der Waals surface area contributed by atoms with Crippen LogP contribution in [0.5, 0.6) is 0 Å². The van der Waals surface area contributed by atoms with Crippen LogP contribution >= 0.6 is 0 Å². The van der Waals surface area contributed by atoms with Crippen LogP contribution in [0.25, 0.3) is 11.1 Å². The van der Waals surface area contributed by atoms with E-state index in [4.69, 9.17) is 4.42 Å². The summed E-state index contributed by atoms with van der Waals surface area (Å²) in [6, 6.07) is 10.3.